The highest BCUT2D eigenvalue weighted by Gasteiger charge is 2.22. The summed E-state index contributed by atoms with van der Waals surface area (Å²) in [5.41, 5.74) is 5.45. The Balaban J connectivity index is 2.94. The average molecular weight is 260 g/mol. The van der Waals surface area contributed by atoms with E-state index in [4.69, 9.17) is 5.73 Å². The predicted molar refractivity (Wildman–Crippen MR) is 64.4 cm³/mol. The van der Waals surface area contributed by atoms with Crippen molar-refractivity contribution < 1.29 is 12.8 Å². The standard InChI is InChI=1S/C11H17FN2O2S/c1-8(7-13)9(2)14-17(15,16)11-6-4-3-5-10(11)12/h3-6,8-9,14H,7,13H2,1-2H3. The molecule has 96 valence electrons. The van der Waals surface area contributed by atoms with Crippen molar-refractivity contribution in [3.05, 3.63) is 30.1 Å². The molecule has 0 radical (unpaired) electrons. The van der Waals surface area contributed by atoms with Crippen LogP contribution in [0.2, 0.25) is 0 Å². The maximum Gasteiger partial charge on any atom is 0.243 e. The van der Waals surface area contributed by atoms with Crippen LogP contribution in [0.3, 0.4) is 0 Å². The lowest BCUT2D eigenvalue weighted by Gasteiger charge is -2.19. The van der Waals surface area contributed by atoms with Gasteiger partial charge in [0, 0.05) is 6.04 Å². The van der Waals surface area contributed by atoms with Crippen LogP contribution >= 0.6 is 0 Å². The summed E-state index contributed by atoms with van der Waals surface area (Å²) in [7, 11) is -3.83. The molecule has 0 spiro atoms. The lowest BCUT2D eigenvalue weighted by Crippen LogP contribution is -2.39. The van der Waals surface area contributed by atoms with Gasteiger partial charge in [0.1, 0.15) is 10.7 Å². The van der Waals surface area contributed by atoms with Crippen LogP contribution in [0.1, 0.15) is 13.8 Å². The first-order valence-electron chi connectivity index (χ1n) is 5.35. The number of sulfonamides is 1. The summed E-state index contributed by atoms with van der Waals surface area (Å²) in [6, 6.07) is 4.93. The highest BCUT2D eigenvalue weighted by molar-refractivity contribution is 7.89. The second kappa shape index (κ2) is 5.57. The number of hydrogen-bond acceptors (Lipinski definition) is 3. The van der Waals surface area contributed by atoms with Crippen LogP contribution in [-0.2, 0) is 10.0 Å². The van der Waals surface area contributed by atoms with E-state index in [1.54, 1.807) is 6.92 Å². The van der Waals surface area contributed by atoms with Crippen LogP contribution in [0.4, 0.5) is 4.39 Å². The van der Waals surface area contributed by atoms with Gasteiger partial charge in [0.25, 0.3) is 0 Å². The van der Waals surface area contributed by atoms with Gasteiger partial charge < -0.3 is 5.73 Å². The maximum atomic E-state index is 13.4. The molecule has 0 aliphatic rings. The molecule has 0 saturated heterocycles. The fourth-order valence-corrected chi connectivity index (χ4v) is 2.72. The Kier molecular flexibility index (Phi) is 4.62. The minimum absolute atomic E-state index is 0.0171. The minimum Gasteiger partial charge on any atom is -0.330 e. The van der Waals surface area contributed by atoms with Gasteiger partial charge in [-0.3, -0.25) is 0 Å². The lowest BCUT2D eigenvalue weighted by molar-refractivity contribution is 0.451. The van der Waals surface area contributed by atoms with Crippen molar-refractivity contribution in [3.8, 4) is 0 Å². The van der Waals surface area contributed by atoms with Crippen LogP contribution in [0.5, 0.6) is 0 Å². The van der Waals surface area contributed by atoms with Crippen molar-refractivity contribution in [2.45, 2.75) is 24.8 Å². The third-order valence-electron chi connectivity index (χ3n) is 2.69. The number of halogens is 1. The van der Waals surface area contributed by atoms with E-state index in [1.807, 2.05) is 6.92 Å². The molecular weight excluding hydrogens is 243 g/mol. The quantitative estimate of drug-likeness (QED) is 0.832. The van der Waals surface area contributed by atoms with Gasteiger partial charge in [0.05, 0.1) is 0 Å². The smallest absolute Gasteiger partial charge is 0.243 e. The number of benzene rings is 1. The first-order chi connectivity index (χ1) is 7.88. The molecule has 0 heterocycles. The first-order valence-corrected chi connectivity index (χ1v) is 6.83. The summed E-state index contributed by atoms with van der Waals surface area (Å²) in [6.45, 7) is 3.89. The molecule has 1 rings (SSSR count). The molecule has 0 saturated carbocycles. The second-order valence-corrected chi connectivity index (χ2v) is 5.74. The second-order valence-electron chi connectivity index (χ2n) is 4.05. The van der Waals surface area contributed by atoms with Crippen molar-refractivity contribution in [1.29, 1.82) is 0 Å². The van der Waals surface area contributed by atoms with Crippen molar-refractivity contribution in [1.82, 2.24) is 4.72 Å². The Bertz CT molecular complexity index is 476. The van der Waals surface area contributed by atoms with Crippen LogP contribution < -0.4 is 10.5 Å². The highest BCUT2D eigenvalue weighted by atomic mass is 32.2. The monoisotopic (exact) mass is 260 g/mol. The first kappa shape index (κ1) is 14.1. The Morgan fingerprint density at radius 1 is 1.35 bits per heavy atom. The van der Waals surface area contributed by atoms with E-state index in [9.17, 15) is 12.8 Å². The number of rotatable bonds is 5. The van der Waals surface area contributed by atoms with Gasteiger partial charge in [0.2, 0.25) is 10.0 Å². The van der Waals surface area contributed by atoms with Crippen molar-refractivity contribution >= 4 is 10.0 Å². The van der Waals surface area contributed by atoms with E-state index in [2.05, 4.69) is 4.72 Å². The van der Waals surface area contributed by atoms with Gasteiger partial charge in [-0.05, 0) is 31.5 Å². The third-order valence-corrected chi connectivity index (χ3v) is 4.28. The molecule has 17 heavy (non-hydrogen) atoms. The van der Waals surface area contributed by atoms with Gasteiger partial charge >= 0.3 is 0 Å². The fourth-order valence-electron chi connectivity index (χ4n) is 1.29. The van der Waals surface area contributed by atoms with Gasteiger partial charge in [-0.1, -0.05) is 19.1 Å². The summed E-state index contributed by atoms with van der Waals surface area (Å²) < 4.78 is 39.6. The van der Waals surface area contributed by atoms with E-state index in [1.165, 1.54) is 18.2 Å². The van der Waals surface area contributed by atoms with Gasteiger partial charge in [-0.2, -0.15) is 0 Å². The number of nitrogens with two attached hydrogens (primary N) is 1. The minimum atomic E-state index is -3.83. The van der Waals surface area contributed by atoms with E-state index in [-0.39, 0.29) is 16.9 Å². The molecule has 2 atom stereocenters. The zero-order valence-electron chi connectivity index (χ0n) is 9.85. The normalized spacial score (nSPS) is 15.5. The van der Waals surface area contributed by atoms with Crippen molar-refractivity contribution in [2.75, 3.05) is 6.54 Å². The lowest BCUT2D eigenvalue weighted by atomic mass is 10.1. The fraction of sp³-hybridized carbons (Fsp3) is 0.455. The Hall–Kier alpha value is -0.980. The molecule has 3 N–H and O–H groups in total. The Morgan fingerprint density at radius 2 is 1.94 bits per heavy atom. The summed E-state index contributed by atoms with van der Waals surface area (Å²) in [5, 5.41) is 0. The van der Waals surface area contributed by atoms with Crippen LogP contribution in [0.25, 0.3) is 0 Å². The van der Waals surface area contributed by atoms with Crippen LogP contribution in [0, 0.1) is 11.7 Å². The average Bonchev–Trinajstić information content (AvgIpc) is 2.27. The van der Waals surface area contributed by atoms with Crippen LogP contribution in [0.15, 0.2) is 29.2 Å². The van der Waals surface area contributed by atoms with E-state index >= 15 is 0 Å². The topological polar surface area (TPSA) is 72.2 Å². The maximum absolute atomic E-state index is 13.4. The van der Waals surface area contributed by atoms with E-state index < -0.39 is 15.8 Å². The van der Waals surface area contributed by atoms with Gasteiger partial charge in [-0.25, -0.2) is 17.5 Å². The molecular formula is C11H17FN2O2S. The predicted octanol–water partition coefficient (Wildman–Crippen LogP) is 1.09. The van der Waals surface area contributed by atoms with Crippen molar-refractivity contribution in [2.24, 2.45) is 11.7 Å². The van der Waals surface area contributed by atoms with E-state index in [0.717, 1.165) is 6.07 Å². The summed E-state index contributed by atoms with van der Waals surface area (Å²) in [6.07, 6.45) is 0. The number of nitrogens with one attached hydrogen (secondary N) is 1. The molecule has 0 amide bonds. The van der Waals surface area contributed by atoms with Crippen LogP contribution in [-0.4, -0.2) is 21.0 Å². The highest BCUT2D eigenvalue weighted by Crippen LogP contribution is 2.14. The molecule has 2 unspecified atom stereocenters. The van der Waals surface area contributed by atoms with E-state index in [0.29, 0.717) is 6.54 Å². The van der Waals surface area contributed by atoms with Gasteiger partial charge in [-0.15, -0.1) is 0 Å². The molecule has 6 heteroatoms. The third kappa shape index (κ3) is 3.49. The van der Waals surface area contributed by atoms with Crippen molar-refractivity contribution in [3.63, 3.8) is 0 Å². The molecule has 1 aromatic rings. The molecule has 0 aliphatic carbocycles. The summed E-state index contributed by atoms with van der Waals surface area (Å²) in [4.78, 5) is -0.337. The summed E-state index contributed by atoms with van der Waals surface area (Å²) in [5.74, 6) is -0.774. The largest absolute Gasteiger partial charge is 0.330 e. The zero-order chi connectivity index (χ0) is 13.1. The summed E-state index contributed by atoms with van der Waals surface area (Å²) >= 11 is 0. The molecule has 0 aliphatic heterocycles. The molecule has 4 nitrogen and oxygen atoms in total. The molecule has 1 aromatic carbocycles. The Morgan fingerprint density at radius 3 is 2.47 bits per heavy atom. The Labute approximate surface area is 101 Å². The zero-order valence-corrected chi connectivity index (χ0v) is 10.7. The molecule has 0 aromatic heterocycles. The number of hydrogen-bond donors (Lipinski definition) is 2. The van der Waals surface area contributed by atoms with Gasteiger partial charge in [0.15, 0.2) is 0 Å². The SMILES string of the molecule is CC(CN)C(C)NS(=O)(=O)c1ccccc1F. The molecule has 0 fully saturated rings. The molecule has 0 bridgehead atoms.